The lowest BCUT2D eigenvalue weighted by atomic mass is 10.0. The van der Waals surface area contributed by atoms with Crippen LogP contribution in [0.25, 0.3) is 11.1 Å². The van der Waals surface area contributed by atoms with Gasteiger partial charge >= 0.3 is 5.97 Å². The number of carbonyl (C=O) groups excluding carboxylic acids is 1. The average Bonchev–Trinajstić information content (AvgIpc) is 3.20. The van der Waals surface area contributed by atoms with E-state index in [1.165, 1.54) is 17.4 Å². The Balaban J connectivity index is 2.20. The molecule has 0 aliphatic heterocycles. The standard InChI is InChI=1S/C22H17Br2N5O4S/c1-2-33-22(30)18-17(13-6-4-3-5-7-13)21(34-20(18)26-9-8-23)28-27-19-14(12-25)10-15(29(31)32)11-16(19)24/h3-7,10-11,26H,2,8-9H2,1H3. The van der Waals surface area contributed by atoms with Gasteiger partial charge in [-0.3, -0.25) is 10.1 Å². The van der Waals surface area contributed by atoms with E-state index in [-0.39, 0.29) is 28.0 Å². The molecular weight excluding hydrogens is 590 g/mol. The monoisotopic (exact) mass is 605 g/mol. The lowest BCUT2D eigenvalue weighted by Gasteiger charge is -2.08. The lowest BCUT2D eigenvalue weighted by molar-refractivity contribution is -0.384. The summed E-state index contributed by atoms with van der Waals surface area (Å²) in [5.41, 5.74) is 1.52. The zero-order valence-electron chi connectivity index (χ0n) is 17.7. The molecule has 0 atom stereocenters. The number of benzene rings is 2. The van der Waals surface area contributed by atoms with E-state index in [0.29, 0.717) is 33.0 Å². The van der Waals surface area contributed by atoms with E-state index in [4.69, 9.17) is 4.74 Å². The molecule has 9 nitrogen and oxygen atoms in total. The van der Waals surface area contributed by atoms with Gasteiger partial charge in [0.15, 0.2) is 0 Å². The minimum Gasteiger partial charge on any atom is -0.462 e. The summed E-state index contributed by atoms with van der Waals surface area (Å²) < 4.78 is 5.56. The summed E-state index contributed by atoms with van der Waals surface area (Å²) in [7, 11) is 0. The molecule has 0 amide bonds. The number of nitro groups is 1. The number of ether oxygens (including phenoxy) is 1. The third kappa shape index (κ3) is 5.67. The van der Waals surface area contributed by atoms with Crippen molar-refractivity contribution in [3.05, 3.63) is 68.2 Å². The van der Waals surface area contributed by atoms with Crippen LogP contribution in [0.4, 0.5) is 21.4 Å². The van der Waals surface area contributed by atoms with Gasteiger partial charge in [0.1, 0.15) is 27.3 Å². The Labute approximate surface area is 215 Å². The highest BCUT2D eigenvalue weighted by Gasteiger charge is 2.26. The van der Waals surface area contributed by atoms with Crippen LogP contribution in [0.5, 0.6) is 0 Å². The van der Waals surface area contributed by atoms with E-state index in [1.807, 2.05) is 36.4 Å². The molecule has 0 unspecified atom stereocenters. The number of nitro benzene ring substituents is 1. The number of nitrogens with one attached hydrogen (secondary N) is 1. The van der Waals surface area contributed by atoms with Gasteiger partial charge in [-0.2, -0.15) is 5.26 Å². The van der Waals surface area contributed by atoms with Gasteiger partial charge in [-0.05, 0) is 28.4 Å². The highest BCUT2D eigenvalue weighted by Crippen LogP contribution is 2.47. The molecule has 0 spiro atoms. The third-order valence-electron chi connectivity index (χ3n) is 4.43. The molecule has 174 valence electrons. The molecule has 0 fully saturated rings. The molecular formula is C22H17Br2N5O4S. The van der Waals surface area contributed by atoms with Gasteiger partial charge in [0, 0.05) is 29.6 Å². The number of nitriles is 1. The first kappa shape index (κ1) is 25.5. The second-order valence-corrected chi connectivity index (χ2v) is 9.23. The van der Waals surface area contributed by atoms with Gasteiger partial charge in [0.05, 0.1) is 21.6 Å². The molecule has 3 aromatic rings. The normalized spacial score (nSPS) is 10.8. The van der Waals surface area contributed by atoms with Crippen LogP contribution in [0.2, 0.25) is 0 Å². The zero-order valence-corrected chi connectivity index (χ0v) is 21.7. The number of rotatable bonds is 9. The summed E-state index contributed by atoms with van der Waals surface area (Å²) in [6.45, 7) is 2.50. The smallest absolute Gasteiger partial charge is 0.341 e. The number of halogens is 2. The lowest BCUT2D eigenvalue weighted by Crippen LogP contribution is -2.10. The molecule has 12 heteroatoms. The van der Waals surface area contributed by atoms with E-state index in [0.717, 1.165) is 11.6 Å². The zero-order chi connectivity index (χ0) is 24.7. The molecule has 1 heterocycles. The fraction of sp³-hybridized carbons (Fsp3) is 0.182. The number of esters is 1. The minimum absolute atomic E-state index is 0.00843. The quantitative estimate of drug-likeness (QED) is 0.0890. The van der Waals surface area contributed by atoms with E-state index >= 15 is 0 Å². The summed E-state index contributed by atoms with van der Waals surface area (Å²) in [6.07, 6.45) is 0. The summed E-state index contributed by atoms with van der Waals surface area (Å²) in [5, 5.41) is 34.1. The van der Waals surface area contributed by atoms with Crippen molar-refractivity contribution < 1.29 is 14.5 Å². The maximum Gasteiger partial charge on any atom is 0.341 e. The van der Waals surface area contributed by atoms with E-state index in [2.05, 4.69) is 47.4 Å². The Kier molecular flexibility index (Phi) is 8.86. The number of anilines is 1. The molecule has 1 N–H and O–H groups in total. The Morgan fingerprint density at radius 1 is 1.29 bits per heavy atom. The first-order valence-corrected chi connectivity index (χ1v) is 12.6. The molecule has 0 aliphatic carbocycles. The number of hydrogen-bond acceptors (Lipinski definition) is 9. The van der Waals surface area contributed by atoms with Crippen LogP contribution in [-0.2, 0) is 4.74 Å². The number of nitrogens with zero attached hydrogens (tertiary/aromatic N) is 4. The second kappa shape index (κ2) is 11.8. The molecule has 34 heavy (non-hydrogen) atoms. The predicted octanol–water partition coefficient (Wildman–Crippen LogP) is 7.36. The first-order valence-electron chi connectivity index (χ1n) is 9.90. The van der Waals surface area contributed by atoms with Crippen molar-refractivity contribution in [2.24, 2.45) is 10.2 Å². The van der Waals surface area contributed by atoms with E-state index < -0.39 is 10.9 Å². The number of carbonyl (C=O) groups is 1. The van der Waals surface area contributed by atoms with Gasteiger partial charge < -0.3 is 10.1 Å². The summed E-state index contributed by atoms with van der Waals surface area (Å²) in [5.74, 6) is -0.495. The van der Waals surface area contributed by atoms with Crippen molar-refractivity contribution in [1.82, 2.24) is 0 Å². The fourth-order valence-electron chi connectivity index (χ4n) is 3.02. The van der Waals surface area contributed by atoms with Crippen LogP contribution in [0, 0.1) is 21.4 Å². The summed E-state index contributed by atoms with van der Waals surface area (Å²) in [6, 6.07) is 13.6. The number of non-ortho nitro benzene ring substituents is 1. The number of hydrogen-bond donors (Lipinski definition) is 1. The molecule has 0 aliphatic rings. The average molecular weight is 607 g/mol. The Bertz CT molecular complexity index is 1290. The van der Waals surface area contributed by atoms with E-state index in [1.54, 1.807) is 6.92 Å². The molecule has 0 radical (unpaired) electrons. The van der Waals surface area contributed by atoms with Crippen LogP contribution < -0.4 is 5.32 Å². The topological polar surface area (TPSA) is 130 Å². The van der Waals surface area contributed by atoms with Gasteiger partial charge in [0.2, 0.25) is 0 Å². The van der Waals surface area contributed by atoms with Crippen molar-refractivity contribution in [3.63, 3.8) is 0 Å². The highest BCUT2D eigenvalue weighted by atomic mass is 79.9. The number of azo groups is 1. The van der Waals surface area contributed by atoms with Crippen LogP contribution in [-0.4, -0.2) is 29.4 Å². The van der Waals surface area contributed by atoms with Crippen molar-refractivity contribution in [3.8, 4) is 17.2 Å². The molecule has 1 aromatic heterocycles. The molecule has 2 aromatic carbocycles. The van der Waals surface area contributed by atoms with Crippen molar-refractivity contribution >= 4 is 70.5 Å². The van der Waals surface area contributed by atoms with Gasteiger partial charge in [0.25, 0.3) is 5.69 Å². The predicted molar refractivity (Wildman–Crippen MR) is 138 cm³/mol. The largest absolute Gasteiger partial charge is 0.462 e. The third-order valence-corrected chi connectivity index (χ3v) is 6.46. The Morgan fingerprint density at radius 2 is 2.03 bits per heavy atom. The number of alkyl halides is 1. The maximum absolute atomic E-state index is 12.9. The number of thiophene rings is 1. The fourth-order valence-corrected chi connectivity index (χ4v) is 4.80. The minimum atomic E-state index is -0.591. The van der Waals surface area contributed by atoms with Crippen molar-refractivity contribution in [2.75, 3.05) is 23.8 Å². The molecule has 3 rings (SSSR count). The molecule has 0 saturated carbocycles. The molecule has 0 bridgehead atoms. The van der Waals surface area contributed by atoms with Crippen LogP contribution in [0.3, 0.4) is 0 Å². The second-order valence-electron chi connectivity index (χ2n) is 6.58. The Morgan fingerprint density at radius 3 is 2.65 bits per heavy atom. The van der Waals surface area contributed by atoms with Crippen LogP contribution >= 0.6 is 43.2 Å². The maximum atomic E-state index is 12.9. The van der Waals surface area contributed by atoms with Gasteiger partial charge in [-0.25, -0.2) is 4.79 Å². The molecule has 0 saturated heterocycles. The van der Waals surface area contributed by atoms with Crippen LogP contribution in [0.1, 0.15) is 22.8 Å². The van der Waals surface area contributed by atoms with Gasteiger partial charge in [-0.15, -0.1) is 10.2 Å². The van der Waals surface area contributed by atoms with Crippen molar-refractivity contribution in [1.29, 1.82) is 5.26 Å². The first-order chi connectivity index (χ1) is 16.4. The Hall–Kier alpha value is -3.14. The van der Waals surface area contributed by atoms with Gasteiger partial charge in [-0.1, -0.05) is 57.6 Å². The van der Waals surface area contributed by atoms with Crippen LogP contribution in [0.15, 0.2) is 57.2 Å². The SMILES string of the molecule is CCOC(=O)c1c(NCCBr)sc(N=Nc2c(Br)cc([N+](=O)[O-])cc2C#N)c1-c1ccccc1. The van der Waals surface area contributed by atoms with E-state index in [9.17, 15) is 20.2 Å². The summed E-state index contributed by atoms with van der Waals surface area (Å²) in [4.78, 5) is 23.4. The van der Waals surface area contributed by atoms with Crippen molar-refractivity contribution in [2.45, 2.75) is 6.92 Å². The highest BCUT2D eigenvalue weighted by molar-refractivity contribution is 9.10. The summed E-state index contributed by atoms with van der Waals surface area (Å²) >= 11 is 7.84.